The number of rotatable bonds is 4. The number of nitrogens with one attached hydrogen (secondary N) is 1. The zero-order chi connectivity index (χ0) is 13.0. The molecule has 1 aliphatic heterocycles. The molecule has 1 aromatic rings. The van der Waals surface area contributed by atoms with Crippen LogP contribution in [0.4, 0.5) is 0 Å². The molecule has 4 heteroatoms. The number of carbonyl (C=O) groups is 1. The molecule has 1 saturated heterocycles. The summed E-state index contributed by atoms with van der Waals surface area (Å²) in [7, 11) is 0. The SMILES string of the molecule is CC(C)Oc1ccccc1C(=O)C1COCCN1. The Balaban J connectivity index is 2.18. The average molecular weight is 249 g/mol. The van der Waals surface area contributed by atoms with Crippen LogP contribution in [0.3, 0.4) is 0 Å². The lowest BCUT2D eigenvalue weighted by Gasteiger charge is -2.23. The second-order valence-electron chi connectivity index (χ2n) is 4.61. The van der Waals surface area contributed by atoms with Crippen molar-refractivity contribution in [2.45, 2.75) is 26.0 Å². The fourth-order valence-electron chi connectivity index (χ4n) is 1.95. The molecule has 98 valence electrons. The van der Waals surface area contributed by atoms with Gasteiger partial charge < -0.3 is 14.8 Å². The first-order valence-electron chi connectivity index (χ1n) is 6.29. The van der Waals surface area contributed by atoms with E-state index in [1.807, 2.05) is 32.0 Å². The Morgan fingerprint density at radius 1 is 1.44 bits per heavy atom. The highest BCUT2D eigenvalue weighted by Crippen LogP contribution is 2.21. The summed E-state index contributed by atoms with van der Waals surface area (Å²) in [5, 5.41) is 3.17. The summed E-state index contributed by atoms with van der Waals surface area (Å²) in [6, 6.07) is 7.09. The van der Waals surface area contributed by atoms with Gasteiger partial charge in [-0.1, -0.05) is 12.1 Å². The van der Waals surface area contributed by atoms with Crippen LogP contribution in [-0.2, 0) is 4.74 Å². The molecule has 0 aliphatic carbocycles. The van der Waals surface area contributed by atoms with Crippen molar-refractivity contribution < 1.29 is 14.3 Å². The molecule has 0 saturated carbocycles. The molecule has 0 amide bonds. The maximum Gasteiger partial charge on any atom is 0.185 e. The number of ketones is 1. The van der Waals surface area contributed by atoms with Crippen molar-refractivity contribution in [1.82, 2.24) is 5.32 Å². The Morgan fingerprint density at radius 3 is 2.89 bits per heavy atom. The van der Waals surface area contributed by atoms with Crippen LogP contribution in [0.15, 0.2) is 24.3 Å². The van der Waals surface area contributed by atoms with Crippen LogP contribution in [0, 0.1) is 0 Å². The van der Waals surface area contributed by atoms with Crippen LogP contribution < -0.4 is 10.1 Å². The number of benzene rings is 1. The normalized spacial score (nSPS) is 19.8. The molecule has 2 rings (SSSR count). The van der Waals surface area contributed by atoms with Crippen LogP contribution in [0.2, 0.25) is 0 Å². The Kier molecular flexibility index (Phi) is 4.33. The van der Waals surface area contributed by atoms with E-state index in [4.69, 9.17) is 9.47 Å². The molecule has 0 bridgehead atoms. The Morgan fingerprint density at radius 2 is 2.22 bits per heavy atom. The van der Waals surface area contributed by atoms with Gasteiger partial charge in [-0.15, -0.1) is 0 Å². The Hall–Kier alpha value is -1.39. The van der Waals surface area contributed by atoms with Gasteiger partial charge in [0.25, 0.3) is 0 Å². The topological polar surface area (TPSA) is 47.6 Å². The number of hydrogen-bond acceptors (Lipinski definition) is 4. The third kappa shape index (κ3) is 3.09. The smallest absolute Gasteiger partial charge is 0.185 e. The second kappa shape index (κ2) is 5.98. The highest BCUT2D eigenvalue weighted by molar-refractivity contribution is 6.02. The minimum Gasteiger partial charge on any atom is -0.490 e. The second-order valence-corrected chi connectivity index (χ2v) is 4.61. The fourth-order valence-corrected chi connectivity index (χ4v) is 1.95. The molecule has 4 nitrogen and oxygen atoms in total. The van der Waals surface area contributed by atoms with E-state index < -0.39 is 0 Å². The predicted octanol–water partition coefficient (Wildman–Crippen LogP) is 1.64. The van der Waals surface area contributed by atoms with E-state index in [0.717, 1.165) is 0 Å². The van der Waals surface area contributed by atoms with Crippen molar-refractivity contribution in [2.24, 2.45) is 0 Å². The lowest BCUT2D eigenvalue weighted by atomic mass is 10.0. The van der Waals surface area contributed by atoms with Gasteiger partial charge in [0.05, 0.1) is 30.9 Å². The minimum absolute atomic E-state index is 0.0333. The molecule has 1 heterocycles. The van der Waals surface area contributed by atoms with Crippen molar-refractivity contribution in [3.05, 3.63) is 29.8 Å². The fraction of sp³-hybridized carbons (Fsp3) is 0.500. The maximum absolute atomic E-state index is 12.4. The zero-order valence-corrected chi connectivity index (χ0v) is 10.8. The van der Waals surface area contributed by atoms with E-state index in [2.05, 4.69) is 5.32 Å². The number of ether oxygens (including phenoxy) is 2. The molecular weight excluding hydrogens is 230 g/mol. The molecule has 1 aliphatic rings. The monoisotopic (exact) mass is 249 g/mol. The van der Waals surface area contributed by atoms with E-state index in [9.17, 15) is 4.79 Å². The standard InChI is InChI=1S/C14H19NO3/c1-10(2)18-13-6-4-3-5-11(13)14(16)12-9-17-8-7-15-12/h3-6,10,12,15H,7-9H2,1-2H3. The molecular formula is C14H19NO3. The number of para-hydroxylation sites is 1. The summed E-state index contributed by atoms with van der Waals surface area (Å²) in [6.07, 6.45) is 0.0505. The van der Waals surface area contributed by atoms with Gasteiger partial charge >= 0.3 is 0 Å². The van der Waals surface area contributed by atoms with E-state index in [-0.39, 0.29) is 17.9 Å². The summed E-state index contributed by atoms with van der Waals surface area (Å²) < 4.78 is 11.0. The lowest BCUT2D eigenvalue weighted by molar-refractivity contribution is 0.0604. The third-order valence-electron chi connectivity index (χ3n) is 2.75. The molecule has 1 aromatic carbocycles. The Bertz CT molecular complexity index is 411. The summed E-state index contributed by atoms with van der Waals surface area (Å²) >= 11 is 0. The van der Waals surface area contributed by atoms with Gasteiger partial charge in [-0.25, -0.2) is 0 Å². The maximum atomic E-state index is 12.4. The van der Waals surface area contributed by atoms with Crippen LogP contribution >= 0.6 is 0 Å². The van der Waals surface area contributed by atoms with E-state index in [0.29, 0.717) is 31.1 Å². The van der Waals surface area contributed by atoms with Crippen molar-refractivity contribution in [2.75, 3.05) is 19.8 Å². The number of morpholine rings is 1. The largest absolute Gasteiger partial charge is 0.490 e. The van der Waals surface area contributed by atoms with E-state index in [1.54, 1.807) is 6.07 Å². The van der Waals surface area contributed by atoms with Crippen LogP contribution in [0.25, 0.3) is 0 Å². The van der Waals surface area contributed by atoms with Gasteiger partial charge in [-0.2, -0.15) is 0 Å². The Labute approximate surface area is 107 Å². The van der Waals surface area contributed by atoms with Gasteiger partial charge in [0.1, 0.15) is 5.75 Å². The molecule has 18 heavy (non-hydrogen) atoms. The predicted molar refractivity (Wildman–Crippen MR) is 69.1 cm³/mol. The molecule has 1 atom stereocenters. The van der Waals surface area contributed by atoms with Crippen molar-refractivity contribution >= 4 is 5.78 Å². The van der Waals surface area contributed by atoms with Gasteiger partial charge in [-0.05, 0) is 26.0 Å². The lowest BCUT2D eigenvalue weighted by Crippen LogP contribution is -2.46. The molecule has 0 radical (unpaired) electrons. The van der Waals surface area contributed by atoms with Gasteiger partial charge in [0.15, 0.2) is 5.78 Å². The molecule has 1 unspecified atom stereocenters. The summed E-state index contributed by atoms with van der Waals surface area (Å²) in [5.74, 6) is 0.677. The highest BCUT2D eigenvalue weighted by atomic mass is 16.5. The van der Waals surface area contributed by atoms with Crippen LogP contribution in [0.1, 0.15) is 24.2 Å². The minimum atomic E-state index is -0.268. The highest BCUT2D eigenvalue weighted by Gasteiger charge is 2.24. The third-order valence-corrected chi connectivity index (χ3v) is 2.75. The van der Waals surface area contributed by atoms with Crippen molar-refractivity contribution in [3.63, 3.8) is 0 Å². The van der Waals surface area contributed by atoms with Crippen molar-refractivity contribution in [3.8, 4) is 5.75 Å². The first kappa shape index (κ1) is 13.1. The van der Waals surface area contributed by atoms with E-state index in [1.165, 1.54) is 0 Å². The van der Waals surface area contributed by atoms with E-state index >= 15 is 0 Å². The molecule has 0 spiro atoms. The van der Waals surface area contributed by atoms with Crippen LogP contribution in [0.5, 0.6) is 5.75 Å². The molecule has 0 aromatic heterocycles. The first-order chi connectivity index (χ1) is 8.68. The first-order valence-corrected chi connectivity index (χ1v) is 6.29. The quantitative estimate of drug-likeness (QED) is 0.824. The molecule has 1 N–H and O–H groups in total. The summed E-state index contributed by atoms with van der Waals surface area (Å²) in [4.78, 5) is 12.4. The van der Waals surface area contributed by atoms with Gasteiger partial charge in [-0.3, -0.25) is 4.79 Å². The zero-order valence-electron chi connectivity index (χ0n) is 10.8. The summed E-state index contributed by atoms with van der Waals surface area (Å²) in [6.45, 7) is 5.69. The van der Waals surface area contributed by atoms with Gasteiger partial charge in [0.2, 0.25) is 0 Å². The number of hydrogen-bond donors (Lipinski definition) is 1. The average Bonchev–Trinajstić information content (AvgIpc) is 2.39. The number of Topliss-reactive ketones (excluding diaryl/α,β-unsaturated/α-hetero) is 1. The number of carbonyl (C=O) groups excluding carboxylic acids is 1. The van der Waals surface area contributed by atoms with Gasteiger partial charge in [0, 0.05) is 6.54 Å². The van der Waals surface area contributed by atoms with Crippen LogP contribution in [-0.4, -0.2) is 37.7 Å². The summed E-state index contributed by atoms with van der Waals surface area (Å²) in [5.41, 5.74) is 0.620. The van der Waals surface area contributed by atoms with Crippen molar-refractivity contribution in [1.29, 1.82) is 0 Å². The molecule has 1 fully saturated rings.